The first kappa shape index (κ1) is 15.4. The van der Waals surface area contributed by atoms with Gasteiger partial charge in [-0.15, -0.1) is 22.9 Å². The number of benzene rings is 1. The SMILES string of the molecule is Cc1ncc(S(=O)(=O)N(CCCl)Cc2ccccc2)s1. The molecule has 0 spiro atoms. The van der Waals surface area contributed by atoms with E-state index in [0.717, 1.165) is 10.6 Å². The second-order valence-corrected chi connectivity index (χ2v) is 7.99. The molecule has 0 N–H and O–H groups in total. The molecule has 0 aliphatic carbocycles. The summed E-state index contributed by atoms with van der Waals surface area (Å²) < 4.78 is 26.8. The highest BCUT2D eigenvalue weighted by Gasteiger charge is 2.26. The van der Waals surface area contributed by atoms with Gasteiger partial charge in [0.2, 0.25) is 0 Å². The molecule has 0 fully saturated rings. The van der Waals surface area contributed by atoms with Gasteiger partial charge >= 0.3 is 0 Å². The van der Waals surface area contributed by atoms with Crippen LogP contribution in [0.25, 0.3) is 0 Å². The van der Waals surface area contributed by atoms with Crippen molar-refractivity contribution in [2.45, 2.75) is 17.7 Å². The number of nitrogens with zero attached hydrogens (tertiary/aromatic N) is 2. The van der Waals surface area contributed by atoms with Crippen molar-refractivity contribution in [3.63, 3.8) is 0 Å². The minimum Gasteiger partial charge on any atom is -0.249 e. The third kappa shape index (κ3) is 3.58. The zero-order valence-electron chi connectivity index (χ0n) is 11.0. The third-order valence-electron chi connectivity index (χ3n) is 2.73. The lowest BCUT2D eigenvalue weighted by molar-refractivity contribution is 0.426. The van der Waals surface area contributed by atoms with E-state index in [4.69, 9.17) is 11.6 Å². The van der Waals surface area contributed by atoms with Crippen LogP contribution in [0.2, 0.25) is 0 Å². The van der Waals surface area contributed by atoms with Gasteiger partial charge < -0.3 is 0 Å². The molecule has 0 aliphatic heterocycles. The Kier molecular flexibility index (Phi) is 5.15. The Hall–Kier alpha value is -0.950. The van der Waals surface area contributed by atoms with Crippen LogP contribution < -0.4 is 0 Å². The molecular weight excluding hydrogens is 316 g/mol. The molecule has 0 amide bonds. The molecule has 0 saturated heterocycles. The van der Waals surface area contributed by atoms with Gasteiger partial charge in [-0.1, -0.05) is 30.3 Å². The van der Waals surface area contributed by atoms with Crippen molar-refractivity contribution in [2.75, 3.05) is 12.4 Å². The van der Waals surface area contributed by atoms with Crippen LogP contribution in [0.3, 0.4) is 0 Å². The molecule has 1 heterocycles. The molecule has 0 atom stereocenters. The maximum Gasteiger partial charge on any atom is 0.254 e. The predicted octanol–water partition coefficient (Wildman–Crippen LogP) is 2.88. The maximum absolute atomic E-state index is 12.6. The highest BCUT2D eigenvalue weighted by atomic mass is 35.5. The monoisotopic (exact) mass is 330 g/mol. The number of hydrogen-bond acceptors (Lipinski definition) is 4. The average molecular weight is 331 g/mol. The molecule has 2 rings (SSSR count). The van der Waals surface area contributed by atoms with Crippen molar-refractivity contribution in [1.82, 2.24) is 9.29 Å². The highest BCUT2D eigenvalue weighted by Crippen LogP contribution is 2.23. The van der Waals surface area contributed by atoms with E-state index in [1.807, 2.05) is 30.3 Å². The molecule has 2 aromatic rings. The summed E-state index contributed by atoms with van der Waals surface area (Å²) in [5.74, 6) is 0.254. The summed E-state index contributed by atoms with van der Waals surface area (Å²) in [7, 11) is -3.54. The molecule has 1 aromatic carbocycles. The Labute approximate surface area is 128 Å². The average Bonchev–Trinajstić information content (AvgIpc) is 2.87. The topological polar surface area (TPSA) is 50.3 Å². The van der Waals surface area contributed by atoms with Crippen LogP contribution in [-0.4, -0.2) is 30.1 Å². The van der Waals surface area contributed by atoms with Crippen LogP contribution in [-0.2, 0) is 16.6 Å². The number of thiazole rings is 1. The summed E-state index contributed by atoms with van der Waals surface area (Å²) in [5.41, 5.74) is 0.933. The van der Waals surface area contributed by atoms with Gasteiger partial charge in [-0.05, 0) is 12.5 Å². The summed E-state index contributed by atoms with van der Waals surface area (Å²) in [4.78, 5) is 4.01. The minimum absolute atomic E-state index is 0.254. The first-order valence-electron chi connectivity index (χ1n) is 6.06. The Morgan fingerprint density at radius 1 is 1.30 bits per heavy atom. The van der Waals surface area contributed by atoms with Gasteiger partial charge in [-0.2, -0.15) is 4.31 Å². The third-order valence-corrected chi connectivity index (χ3v) is 6.09. The zero-order valence-corrected chi connectivity index (χ0v) is 13.4. The van der Waals surface area contributed by atoms with E-state index < -0.39 is 10.0 Å². The predicted molar refractivity (Wildman–Crippen MR) is 81.6 cm³/mol. The number of rotatable bonds is 6. The molecular formula is C13H15ClN2O2S2. The molecule has 0 saturated carbocycles. The summed E-state index contributed by atoms with van der Waals surface area (Å²) in [6.07, 6.45) is 1.40. The normalized spacial score (nSPS) is 11.9. The van der Waals surface area contributed by atoms with Gasteiger partial charge in [0, 0.05) is 19.0 Å². The summed E-state index contributed by atoms with van der Waals surface area (Å²) in [5, 5.41) is 0.731. The molecule has 4 nitrogen and oxygen atoms in total. The van der Waals surface area contributed by atoms with Crippen molar-refractivity contribution < 1.29 is 8.42 Å². The highest BCUT2D eigenvalue weighted by molar-refractivity contribution is 7.91. The Morgan fingerprint density at radius 3 is 2.55 bits per heavy atom. The van der Waals surface area contributed by atoms with E-state index in [0.29, 0.717) is 6.54 Å². The smallest absolute Gasteiger partial charge is 0.249 e. The van der Waals surface area contributed by atoms with Crippen LogP contribution in [0, 0.1) is 6.92 Å². The van der Waals surface area contributed by atoms with Gasteiger partial charge in [0.15, 0.2) is 4.21 Å². The largest absolute Gasteiger partial charge is 0.254 e. The molecule has 20 heavy (non-hydrogen) atoms. The first-order chi connectivity index (χ1) is 9.54. The minimum atomic E-state index is -3.54. The molecule has 0 aliphatic rings. The zero-order chi connectivity index (χ0) is 14.6. The number of alkyl halides is 1. The number of hydrogen-bond donors (Lipinski definition) is 0. The molecule has 7 heteroatoms. The molecule has 0 unspecified atom stereocenters. The van der Waals surface area contributed by atoms with Crippen LogP contribution in [0.5, 0.6) is 0 Å². The quantitative estimate of drug-likeness (QED) is 0.765. The Morgan fingerprint density at radius 2 is 2.00 bits per heavy atom. The number of sulfonamides is 1. The van der Waals surface area contributed by atoms with Crippen LogP contribution in [0.1, 0.15) is 10.6 Å². The standard InChI is InChI=1S/C13H15ClN2O2S2/c1-11-15-9-13(19-11)20(17,18)16(8-7-14)10-12-5-3-2-4-6-12/h2-6,9H,7-8,10H2,1H3. The first-order valence-corrected chi connectivity index (χ1v) is 8.85. The number of halogens is 1. The fourth-order valence-electron chi connectivity index (χ4n) is 1.75. The van der Waals surface area contributed by atoms with Gasteiger partial charge in [0.1, 0.15) is 0 Å². The van der Waals surface area contributed by atoms with Gasteiger partial charge in [-0.3, -0.25) is 0 Å². The van der Waals surface area contributed by atoms with E-state index in [2.05, 4.69) is 4.98 Å². The molecule has 0 radical (unpaired) electrons. The second kappa shape index (κ2) is 6.67. The fourth-order valence-corrected chi connectivity index (χ4v) is 4.75. The fraction of sp³-hybridized carbons (Fsp3) is 0.308. The van der Waals surface area contributed by atoms with Gasteiger partial charge in [0.25, 0.3) is 10.0 Å². The summed E-state index contributed by atoms with van der Waals surface area (Å²) in [6, 6.07) is 9.47. The molecule has 0 bridgehead atoms. The maximum atomic E-state index is 12.6. The van der Waals surface area contributed by atoms with Crippen LogP contribution in [0.15, 0.2) is 40.7 Å². The molecule has 1 aromatic heterocycles. The van der Waals surface area contributed by atoms with Crippen molar-refractivity contribution in [2.24, 2.45) is 0 Å². The van der Waals surface area contributed by atoms with E-state index in [9.17, 15) is 8.42 Å². The van der Waals surface area contributed by atoms with E-state index in [-0.39, 0.29) is 16.6 Å². The summed E-state index contributed by atoms with van der Waals surface area (Å²) >= 11 is 6.92. The number of aryl methyl sites for hydroxylation is 1. The Balaban J connectivity index is 2.28. The lowest BCUT2D eigenvalue weighted by Gasteiger charge is -2.20. The summed E-state index contributed by atoms with van der Waals surface area (Å²) in [6.45, 7) is 2.37. The van der Waals surface area contributed by atoms with E-state index in [1.165, 1.54) is 21.8 Å². The van der Waals surface area contributed by atoms with Crippen molar-refractivity contribution in [1.29, 1.82) is 0 Å². The second-order valence-electron chi connectivity index (χ2n) is 4.21. The van der Waals surface area contributed by atoms with Crippen molar-refractivity contribution in [3.05, 3.63) is 47.1 Å². The van der Waals surface area contributed by atoms with E-state index >= 15 is 0 Å². The lowest BCUT2D eigenvalue weighted by Crippen LogP contribution is -2.31. The lowest BCUT2D eigenvalue weighted by atomic mass is 10.2. The van der Waals surface area contributed by atoms with Gasteiger partial charge in [-0.25, -0.2) is 13.4 Å². The number of aromatic nitrogens is 1. The van der Waals surface area contributed by atoms with Crippen LogP contribution in [0.4, 0.5) is 0 Å². The van der Waals surface area contributed by atoms with Gasteiger partial charge in [0.05, 0.1) is 11.2 Å². The Bertz CT molecular complexity index is 656. The molecule has 108 valence electrons. The van der Waals surface area contributed by atoms with Crippen molar-refractivity contribution in [3.8, 4) is 0 Å². The van der Waals surface area contributed by atoms with E-state index in [1.54, 1.807) is 6.92 Å². The van der Waals surface area contributed by atoms with Crippen LogP contribution >= 0.6 is 22.9 Å². The van der Waals surface area contributed by atoms with Crippen molar-refractivity contribution >= 4 is 33.0 Å².